The standard InChI is InChI=1S/C28H20N4O/c33-28(22-16-8-3-9-17-22)29-24-19-11-10-18-23(24)27-31-25(20-12-4-1-5-13-20)30-26(32-27)21-14-6-2-7-15-21/h1-19H,(H,29,33). The van der Waals surface area contributed by atoms with Gasteiger partial charge in [0.1, 0.15) is 0 Å². The Hall–Kier alpha value is -4.64. The number of amides is 1. The molecule has 5 heteroatoms. The van der Waals surface area contributed by atoms with Gasteiger partial charge in [-0.05, 0) is 24.3 Å². The third kappa shape index (κ3) is 4.52. The molecular formula is C28H20N4O. The minimum Gasteiger partial charge on any atom is -0.321 e. The number of anilines is 1. The molecule has 158 valence electrons. The lowest BCUT2D eigenvalue weighted by Crippen LogP contribution is -2.13. The van der Waals surface area contributed by atoms with Gasteiger partial charge in [0.05, 0.1) is 5.69 Å². The molecule has 0 atom stereocenters. The van der Waals surface area contributed by atoms with Crippen molar-refractivity contribution in [3.05, 3.63) is 121 Å². The molecule has 0 spiro atoms. The molecule has 0 saturated heterocycles. The number of benzene rings is 4. The monoisotopic (exact) mass is 428 g/mol. The van der Waals surface area contributed by atoms with E-state index in [0.717, 1.165) is 16.7 Å². The number of carbonyl (C=O) groups is 1. The maximum atomic E-state index is 12.8. The molecular weight excluding hydrogens is 408 g/mol. The second kappa shape index (κ2) is 9.24. The fourth-order valence-corrected chi connectivity index (χ4v) is 3.50. The van der Waals surface area contributed by atoms with Gasteiger partial charge in [0.25, 0.3) is 5.91 Å². The smallest absolute Gasteiger partial charge is 0.255 e. The summed E-state index contributed by atoms with van der Waals surface area (Å²) in [4.78, 5) is 27.1. The number of aromatic nitrogens is 3. The molecule has 1 N–H and O–H groups in total. The number of nitrogens with zero attached hydrogens (tertiary/aromatic N) is 3. The summed E-state index contributed by atoms with van der Waals surface area (Å²) in [5, 5.41) is 3.00. The number of hydrogen-bond acceptors (Lipinski definition) is 4. The molecule has 0 aliphatic rings. The van der Waals surface area contributed by atoms with Gasteiger partial charge in [-0.2, -0.15) is 0 Å². The lowest BCUT2D eigenvalue weighted by molar-refractivity contribution is 0.102. The van der Waals surface area contributed by atoms with Crippen LogP contribution >= 0.6 is 0 Å². The summed E-state index contributed by atoms with van der Waals surface area (Å²) in [5.74, 6) is 1.45. The second-order valence-electron chi connectivity index (χ2n) is 7.40. The fourth-order valence-electron chi connectivity index (χ4n) is 3.50. The molecule has 5 aromatic rings. The van der Waals surface area contributed by atoms with E-state index in [9.17, 15) is 4.79 Å². The van der Waals surface area contributed by atoms with Gasteiger partial charge in [0.2, 0.25) is 0 Å². The molecule has 1 aromatic heterocycles. The SMILES string of the molecule is O=C(Nc1ccccc1-c1nc(-c2ccccc2)nc(-c2ccccc2)n1)c1ccccc1. The average Bonchev–Trinajstić information content (AvgIpc) is 2.90. The minimum atomic E-state index is -0.191. The van der Waals surface area contributed by atoms with Crippen molar-refractivity contribution in [2.24, 2.45) is 0 Å². The Morgan fingerprint density at radius 2 is 0.970 bits per heavy atom. The van der Waals surface area contributed by atoms with E-state index in [4.69, 9.17) is 15.0 Å². The van der Waals surface area contributed by atoms with Crippen molar-refractivity contribution < 1.29 is 4.79 Å². The zero-order valence-corrected chi connectivity index (χ0v) is 17.7. The Kier molecular flexibility index (Phi) is 5.68. The highest BCUT2D eigenvalue weighted by molar-refractivity contribution is 6.06. The lowest BCUT2D eigenvalue weighted by atomic mass is 10.1. The summed E-state index contributed by atoms with van der Waals surface area (Å²) in [6, 6.07) is 36.3. The van der Waals surface area contributed by atoms with Gasteiger partial charge in [0, 0.05) is 22.3 Å². The largest absolute Gasteiger partial charge is 0.321 e. The first kappa shape index (κ1) is 20.3. The van der Waals surface area contributed by atoms with Crippen molar-refractivity contribution in [2.45, 2.75) is 0 Å². The lowest BCUT2D eigenvalue weighted by Gasteiger charge is -2.12. The first-order valence-electron chi connectivity index (χ1n) is 10.6. The molecule has 1 heterocycles. The Morgan fingerprint density at radius 1 is 0.515 bits per heavy atom. The Bertz CT molecular complexity index is 1330. The Balaban J connectivity index is 1.61. The summed E-state index contributed by atoms with van der Waals surface area (Å²) in [6.07, 6.45) is 0. The highest BCUT2D eigenvalue weighted by Gasteiger charge is 2.16. The van der Waals surface area contributed by atoms with E-state index in [-0.39, 0.29) is 5.91 Å². The third-order valence-electron chi connectivity index (χ3n) is 5.15. The summed E-state index contributed by atoms with van der Waals surface area (Å²) < 4.78 is 0. The summed E-state index contributed by atoms with van der Waals surface area (Å²) in [7, 11) is 0. The zero-order valence-electron chi connectivity index (χ0n) is 17.7. The Morgan fingerprint density at radius 3 is 1.55 bits per heavy atom. The normalized spacial score (nSPS) is 10.5. The molecule has 0 radical (unpaired) electrons. The van der Waals surface area contributed by atoms with Crippen molar-refractivity contribution in [1.29, 1.82) is 0 Å². The predicted molar refractivity (Wildman–Crippen MR) is 131 cm³/mol. The van der Waals surface area contributed by atoms with Crippen LogP contribution in [0.3, 0.4) is 0 Å². The molecule has 0 aliphatic carbocycles. The molecule has 0 aliphatic heterocycles. The van der Waals surface area contributed by atoms with Crippen LogP contribution in [-0.2, 0) is 0 Å². The predicted octanol–water partition coefficient (Wildman–Crippen LogP) is 6.12. The van der Waals surface area contributed by atoms with Crippen LogP contribution < -0.4 is 5.32 Å². The zero-order chi connectivity index (χ0) is 22.5. The highest BCUT2D eigenvalue weighted by atomic mass is 16.1. The molecule has 0 fully saturated rings. The van der Waals surface area contributed by atoms with E-state index < -0.39 is 0 Å². The molecule has 33 heavy (non-hydrogen) atoms. The number of hydrogen-bond donors (Lipinski definition) is 1. The maximum absolute atomic E-state index is 12.8. The molecule has 0 bridgehead atoms. The maximum Gasteiger partial charge on any atom is 0.255 e. The molecule has 0 saturated carbocycles. The van der Waals surface area contributed by atoms with Gasteiger partial charge in [-0.25, -0.2) is 15.0 Å². The molecule has 5 nitrogen and oxygen atoms in total. The minimum absolute atomic E-state index is 0.191. The topological polar surface area (TPSA) is 67.8 Å². The molecule has 4 aromatic carbocycles. The van der Waals surface area contributed by atoms with Crippen LogP contribution in [-0.4, -0.2) is 20.9 Å². The van der Waals surface area contributed by atoms with Crippen LogP contribution in [0, 0.1) is 0 Å². The highest BCUT2D eigenvalue weighted by Crippen LogP contribution is 2.29. The van der Waals surface area contributed by atoms with Crippen LogP contribution in [0.1, 0.15) is 10.4 Å². The van der Waals surface area contributed by atoms with Crippen LogP contribution in [0.2, 0.25) is 0 Å². The fraction of sp³-hybridized carbons (Fsp3) is 0. The van der Waals surface area contributed by atoms with Gasteiger partial charge in [-0.15, -0.1) is 0 Å². The average molecular weight is 428 g/mol. The van der Waals surface area contributed by atoms with Gasteiger partial charge in [-0.3, -0.25) is 4.79 Å². The van der Waals surface area contributed by atoms with E-state index in [1.54, 1.807) is 12.1 Å². The van der Waals surface area contributed by atoms with Gasteiger partial charge in [0.15, 0.2) is 17.5 Å². The van der Waals surface area contributed by atoms with E-state index >= 15 is 0 Å². The van der Waals surface area contributed by atoms with Gasteiger partial charge < -0.3 is 5.32 Å². The summed E-state index contributed by atoms with van der Waals surface area (Å²) >= 11 is 0. The van der Waals surface area contributed by atoms with Crippen molar-refractivity contribution in [3.63, 3.8) is 0 Å². The number of nitrogens with one attached hydrogen (secondary N) is 1. The van der Waals surface area contributed by atoms with E-state index in [1.165, 1.54) is 0 Å². The summed E-state index contributed by atoms with van der Waals surface area (Å²) in [6.45, 7) is 0. The van der Waals surface area contributed by atoms with Crippen molar-refractivity contribution in [1.82, 2.24) is 15.0 Å². The molecule has 5 rings (SSSR count). The van der Waals surface area contributed by atoms with Crippen molar-refractivity contribution in [3.8, 4) is 34.2 Å². The summed E-state index contributed by atoms with van der Waals surface area (Å²) in [5.41, 5.74) is 3.72. The van der Waals surface area contributed by atoms with E-state index in [0.29, 0.717) is 28.7 Å². The van der Waals surface area contributed by atoms with Crippen LogP contribution in [0.4, 0.5) is 5.69 Å². The van der Waals surface area contributed by atoms with Crippen molar-refractivity contribution in [2.75, 3.05) is 5.32 Å². The van der Waals surface area contributed by atoms with Gasteiger partial charge in [-0.1, -0.05) is 91.0 Å². The van der Waals surface area contributed by atoms with Crippen LogP contribution in [0.5, 0.6) is 0 Å². The second-order valence-corrected chi connectivity index (χ2v) is 7.40. The van der Waals surface area contributed by atoms with Gasteiger partial charge >= 0.3 is 0 Å². The number of para-hydroxylation sites is 1. The van der Waals surface area contributed by atoms with E-state index in [1.807, 2.05) is 103 Å². The third-order valence-corrected chi connectivity index (χ3v) is 5.15. The first-order valence-corrected chi connectivity index (χ1v) is 10.6. The van der Waals surface area contributed by atoms with E-state index in [2.05, 4.69) is 5.32 Å². The number of carbonyl (C=O) groups excluding carboxylic acids is 1. The Labute approximate surface area is 191 Å². The van der Waals surface area contributed by atoms with Crippen molar-refractivity contribution >= 4 is 11.6 Å². The van der Waals surface area contributed by atoms with Crippen LogP contribution in [0.25, 0.3) is 34.2 Å². The molecule has 0 unspecified atom stereocenters. The first-order chi connectivity index (χ1) is 16.3. The number of rotatable bonds is 5. The quantitative estimate of drug-likeness (QED) is 0.366. The molecule has 1 amide bonds. The van der Waals surface area contributed by atoms with Crippen LogP contribution in [0.15, 0.2) is 115 Å².